The number of phenols is 1. The van der Waals surface area contributed by atoms with E-state index in [2.05, 4.69) is 220 Å². The van der Waals surface area contributed by atoms with Crippen molar-refractivity contribution < 1.29 is 5.11 Å². The van der Waals surface area contributed by atoms with E-state index < -0.39 is 8.07 Å². The fraction of sp³-hybridized carbons (Fsp3) is 0.311. The van der Waals surface area contributed by atoms with Gasteiger partial charge in [-0.3, -0.25) is 9.55 Å². The lowest BCUT2D eigenvalue weighted by molar-refractivity contribution is 0.446. The van der Waals surface area contributed by atoms with Crippen molar-refractivity contribution in [1.82, 2.24) is 14.5 Å². The number of phenolic OH excluding ortho intramolecular Hbond substituents is 1. The van der Waals surface area contributed by atoms with Gasteiger partial charge in [-0.05, 0) is 122 Å². The monoisotopic (exact) mass is 886 g/mol. The number of pyridine rings is 1. The number of para-hydroxylation sites is 1. The molecule has 0 atom stereocenters. The van der Waals surface area contributed by atoms with Crippen LogP contribution in [0.3, 0.4) is 0 Å². The summed E-state index contributed by atoms with van der Waals surface area (Å²) >= 11 is 0. The van der Waals surface area contributed by atoms with Crippen molar-refractivity contribution in [3.05, 3.63) is 168 Å². The molecule has 0 bridgehead atoms. The molecule has 1 fully saturated rings. The highest BCUT2D eigenvalue weighted by Gasteiger charge is 2.32. The fourth-order valence-corrected chi connectivity index (χ4v) is 12.4. The Bertz CT molecular complexity index is 3060. The lowest BCUT2D eigenvalue weighted by Gasteiger charge is -2.33. The Labute approximate surface area is 394 Å². The standard InChI is InChI=1S/C61H67N3OSi/c1-59(2,3)47-34-45(33-46(35-47)53-37-44(27-30-62-53)40-19-14-12-15-20-40)49-23-18-24-55-56(49)63-58(51-38-48(60(4,5)6)39-52(57(51)65)61(7,8)9)64(55)54-26-25-43(41-28-31-66(10,11)32-29-41)36-50(54)42-21-16-13-17-22-42/h12-27,30,33-39,41,65H,28-29,31-32H2,1-11H3. The SMILES string of the molecule is CC(C)(C)c1cc(-c2cc(-c3ccccc3)ccn2)cc(-c2cccc3c2nc(-c2cc(C(C)(C)C)cc(C(C)(C)C)c2O)n3-c2ccc(C3CC[Si](C)(C)CC3)cc2-c2ccccc2)c1. The van der Waals surface area contributed by atoms with E-state index in [1.807, 2.05) is 6.20 Å². The zero-order chi connectivity index (χ0) is 46.8. The third-order valence-electron chi connectivity index (χ3n) is 14.1. The van der Waals surface area contributed by atoms with Gasteiger partial charge in [0.25, 0.3) is 0 Å². The fourth-order valence-electron chi connectivity index (χ4n) is 9.91. The maximum absolute atomic E-state index is 12.6. The second-order valence-electron chi connectivity index (χ2n) is 22.8. The molecule has 66 heavy (non-hydrogen) atoms. The summed E-state index contributed by atoms with van der Waals surface area (Å²) in [6.07, 6.45) is 4.42. The normalized spacial score (nSPS) is 14.8. The van der Waals surface area contributed by atoms with E-state index >= 15 is 0 Å². The maximum atomic E-state index is 12.6. The largest absolute Gasteiger partial charge is 0.507 e. The van der Waals surface area contributed by atoms with Gasteiger partial charge in [-0.15, -0.1) is 0 Å². The highest BCUT2D eigenvalue weighted by molar-refractivity contribution is 6.77. The summed E-state index contributed by atoms with van der Waals surface area (Å²) in [6, 6.07) is 53.5. The van der Waals surface area contributed by atoms with Crippen LogP contribution in [0.1, 0.15) is 103 Å². The van der Waals surface area contributed by atoms with Crippen LogP contribution in [0.2, 0.25) is 25.2 Å². The summed E-state index contributed by atoms with van der Waals surface area (Å²) in [5.74, 6) is 1.55. The summed E-state index contributed by atoms with van der Waals surface area (Å²) in [6.45, 7) is 25.2. The third-order valence-corrected chi connectivity index (χ3v) is 17.4. The Kier molecular flexibility index (Phi) is 11.6. The molecule has 0 saturated carbocycles. The number of rotatable bonds is 7. The predicted molar refractivity (Wildman–Crippen MR) is 283 cm³/mol. The molecule has 4 nitrogen and oxygen atoms in total. The number of hydrogen-bond acceptors (Lipinski definition) is 3. The molecule has 0 radical (unpaired) electrons. The average Bonchev–Trinajstić information content (AvgIpc) is 3.68. The third kappa shape index (κ3) is 8.95. The van der Waals surface area contributed by atoms with Gasteiger partial charge in [-0.25, -0.2) is 4.98 Å². The molecule has 0 unspecified atom stereocenters. The second-order valence-corrected chi connectivity index (χ2v) is 28.1. The van der Waals surface area contributed by atoms with Gasteiger partial charge in [-0.2, -0.15) is 0 Å². The van der Waals surface area contributed by atoms with Crippen LogP contribution in [0.25, 0.3) is 72.7 Å². The van der Waals surface area contributed by atoms with E-state index in [1.165, 1.54) is 47.2 Å². The topological polar surface area (TPSA) is 50.9 Å². The van der Waals surface area contributed by atoms with Crippen molar-refractivity contribution in [2.45, 2.75) is 123 Å². The summed E-state index contributed by atoms with van der Waals surface area (Å²) in [5, 5.41) is 12.6. The van der Waals surface area contributed by atoms with Crippen molar-refractivity contribution in [1.29, 1.82) is 0 Å². The number of nitrogens with zero attached hydrogens (tertiary/aromatic N) is 3. The average molecular weight is 886 g/mol. The molecule has 3 heterocycles. The Hall–Kier alpha value is -6.04. The first-order chi connectivity index (χ1) is 31.2. The van der Waals surface area contributed by atoms with E-state index in [9.17, 15) is 5.11 Å². The number of aromatic hydroxyl groups is 1. The van der Waals surface area contributed by atoms with Gasteiger partial charge >= 0.3 is 0 Å². The minimum atomic E-state index is -1.14. The van der Waals surface area contributed by atoms with Gasteiger partial charge in [0.2, 0.25) is 0 Å². The number of imidazole rings is 1. The Morgan fingerprint density at radius 2 is 1.18 bits per heavy atom. The number of aromatic nitrogens is 3. The quantitative estimate of drug-likeness (QED) is 0.162. The van der Waals surface area contributed by atoms with Crippen molar-refractivity contribution in [2.75, 3.05) is 0 Å². The molecular formula is C61H67N3OSi. The minimum absolute atomic E-state index is 0.134. The van der Waals surface area contributed by atoms with Gasteiger partial charge in [0, 0.05) is 36.5 Å². The Morgan fingerprint density at radius 3 is 1.83 bits per heavy atom. The van der Waals surface area contributed by atoms with E-state index in [-0.39, 0.29) is 22.0 Å². The Balaban J connectivity index is 1.33. The van der Waals surface area contributed by atoms with Gasteiger partial charge < -0.3 is 5.11 Å². The number of fused-ring (bicyclic) bond motifs is 1. The van der Waals surface area contributed by atoms with Crippen molar-refractivity contribution in [2.24, 2.45) is 0 Å². The highest BCUT2D eigenvalue weighted by atomic mass is 28.3. The van der Waals surface area contributed by atoms with E-state index in [0.29, 0.717) is 5.92 Å². The minimum Gasteiger partial charge on any atom is -0.507 e. The predicted octanol–water partition coefficient (Wildman–Crippen LogP) is 16.9. The molecule has 1 saturated heterocycles. The molecule has 1 N–H and O–H groups in total. The van der Waals surface area contributed by atoms with Gasteiger partial charge in [-0.1, -0.05) is 178 Å². The first-order valence-corrected chi connectivity index (χ1v) is 27.4. The van der Waals surface area contributed by atoms with Crippen LogP contribution in [0.4, 0.5) is 0 Å². The zero-order valence-corrected chi connectivity index (χ0v) is 42.1. The molecule has 5 heteroatoms. The Morgan fingerprint density at radius 1 is 0.545 bits per heavy atom. The van der Waals surface area contributed by atoms with Crippen LogP contribution in [-0.4, -0.2) is 27.7 Å². The molecule has 0 amide bonds. The molecule has 336 valence electrons. The smallest absolute Gasteiger partial charge is 0.149 e. The van der Waals surface area contributed by atoms with Gasteiger partial charge in [0.05, 0.1) is 28.0 Å². The van der Waals surface area contributed by atoms with Crippen LogP contribution < -0.4 is 0 Å². The zero-order valence-electron chi connectivity index (χ0n) is 41.1. The maximum Gasteiger partial charge on any atom is 0.149 e. The number of hydrogen-bond donors (Lipinski definition) is 1. The van der Waals surface area contributed by atoms with E-state index in [0.717, 1.165) is 72.7 Å². The van der Waals surface area contributed by atoms with Gasteiger partial charge in [0.15, 0.2) is 0 Å². The molecule has 8 aromatic rings. The molecule has 1 aliphatic heterocycles. The molecule has 6 aromatic carbocycles. The molecule has 9 rings (SSSR count). The summed E-state index contributed by atoms with van der Waals surface area (Å²) in [4.78, 5) is 10.7. The summed E-state index contributed by atoms with van der Waals surface area (Å²) in [5.41, 5.74) is 16.5. The van der Waals surface area contributed by atoms with Crippen LogP contribution >= 0.6 is 0 Å². The summed E-state index contributed by atoms with van der Waals surface area (Å²) < 4.78 is 2.34. The first kappa shape index (κ1) is 45.1. The lowest BCUT2D eigenvalue weighted by atomic mass is 9.79. The van der Waals surface area contributed by atoms with Crippen LogP contribution in [0.15, 0.2) is 146 Å². The van der Waals surface area contributed by atoms with Crippen LogP contribution in [-0.2, 0) is 16.2 Å². The van der Waals surface area contributed by atoms with Crippen molar-refractivity contribution in [3.63, 3.8) is 0 Å². The van der Waals surface area contributed by atoms with Crippen molar-refractivity contribution >= 4 is 19.1 Å². The molecule has 1 aliphatic rings. The van der Waals surface area contributed by atoms with Crippen LogP contribution in [0.5, 0.6) is 5.75 Å². The van der Waals surface area contributed by atoms with Crippen molar-refractivity contribution in [3.8, 4) is 67.5 Å². The molecular weight excluding hydrogens is 819 g/mol. The second kappa shape index (κ2) is 17.0. The highest BCUT2D eigenvalue weighted by Crippen LogP contribution is 2.47. The lowest BCUT2D eigenvalue weighted by Crippen LogP contribution is -2.30. The van der Waals surface area contributed by atoms with Gasteiger partial charge in [0.1, 0.15) is 11.6 Å². The summed E-state index contributed by atoms with van der Waals surface area (Å²) in [7, 11) is -1.14. The number of benzene rings is 6. The van der Waals surface area contributed by atoms with E-state index in [1.54, 1.807) is 0 Å². The molecule has 2 aromatic heterocycles. The van der Waals surface area contributed by atoms with E-state index in [4.69, 9.17) is 9.97 Å². The van der Waals surface area contributed by atoms with Crippen LogP contribution in [0, 0.1) is 0 Å². The first-order valence-electron chi connectivity index (χ1n) is 24.0. The molecule has 0 spiro atoms. The molecule has 0 aliphatic carbocycles.